The lowest BCUT2D eigenvalue weighted by molar-refractivity contribution is -0.148. The summed E-state index contributed by atoms with van der Waals surface area (Å²) < 4.78 is 21.4. The van der Waals surface area contributed by atoms with E-state index in [0.29, 0.717) is 12.8 Å². The summed E-state index contributed by atoms with van der Waals surface area (Å²) in [5.74, 6) is -3.90. The molecule has 1 aromatic rings. The van der Waals surface area contributed by atoms with Crippen LogP contribution in [0.1, 0.15) is 110 Å². The molecule has 0 saturated carbocycles. The second-order valence-corrected chi connectivity index (χ2v) is 10.4. The van der Waals surface area contributed by atoms with Crippen LogP contribution in [0.2, 0.25) is 0 Å². The van der Waals surface area contributed by atoms with Crippen molar-refractivity contribution >= 4 is 11.8 Å². The third kappa shape index (κ3) is 12.6. The average molecular weight is 553 g/mol. The molecule has 4 unspecified atom stereocenters. The molecule has 9 nitrogen and oxygen atoms in total. The fourth-order valence-corrected chi connectivity index (χ4v) is 4.62. The number of furan rings is 1. The van der Waals surface area contributed by atoms with E-state index in [9.17, 15) is 24.9 Å². The molecule has 222 valence electrons. The fourth-order valence-electron chi connectivity index (χ4n) is 4.62. The number of ether oxygens (including phenoxy) is 3. The van der Waals surface area contributed by atoms with E-state index < -0.39 is 42.3 Å². The number of rotatable bonds is 21. The summed E-state index contributed by atoms with van der Waals surface area (Å²) in [5.41, 5.74) is 0. The minimum absolute atomic E-state index is 0.115. The number of aliphatic hydroxyl groups excluding tert-OH is 1. The highest BCUT2D eigenvalue weighted by Gasteiger charge is 2.40. The number of allylic oxidation sites excluding steroid dienone is 2. The molecule has 0 aromatic carbocycles. The summed E-state index contributed by atoms with van der Waals surface area (Å²) in [6.45, 7) is 4.42. The molecule has 0 radical (unpaired) electrons. The van der Waals surface area contributed by atoms with Gasteiger partial charge in [0.1, 0.15) is 6.10 Å². The minimum atomic E-state index is -1.37. The summed E-state index contributed by atoms with van der Waals surface area (Å²) in [6, 6.07) is 0.964. The molecule has 0 spiro atoms. The van der Waals surface area contributed by atoms with Crippen LogP contribution in [0, 0.1) is 5.92 Å². The smallest absolute Gasteiger partial charge is 0.330 e. The number of carbonyl (C=O) groups excluding carboxylic acids is 2. The van der Waals surface area contributed by atoms with Crippen molar-refractivity contribution in [2.45, 2.75) is 129 Å². The van der Waals surface area contributed by atoms with Gasteiger partial charge in [0.05, 0.1) is 24.7 Å². The zero-order valence-corrected chi connectivity index (χ0v) is 23.6. The molecule has 1 fully saturated rings. The van der Waals surface area contributed by atoms with E-state index in [1.165, 1.54) is 38.5 Å². The van der Waals surface area contributed by atoms with Crippen molar-refractivity contribution in [1.82, 2.24) is 0 Å². The highest BCUT2D eigenvalue weighted by atomic mass is 16.7. The zero-order valence-electron chi connectivity index (χ0n) is 23.6. The molecular weight excluding hydrogens is 504 g/mol. The van der Waals surface area contributed by atoms with E-state index in [-0.39, 0.29) is 31.0 Å². The molecule has 39 heavy (non-hydrogen) atoms. The maximum atomic E-state index is 13.0. The van der Waals surface area contributed by atoms with Crippen molar-refractivity contribution < 1.29 is 43.5 Å². The summed E-state index contributed by atoms with van der Waals surface area (Å²) in [7, 11) is 0. The van der Waals surface area contributed by atoms with E-state index in [1.54, 1.807) is 0 Å². The third-order valence-corrected chi connectivity index (χ3v) is 6.98. The quantitative estimate of drug-likeness (QED) is 0.0907. The van der Waals surface area contributed by atoms with Crippen molar-refractivity contribution in [3.05, 3.63) is 18.2 Å². The third-order valence-electron chi connectivity index (χ3n) is 6.98. The van der Waals surface area contributed by atoms with Gasteiger partial charge in [-0.15, -0.1) is 0 Å². The summed E-state index contributed by atoms with van der Waals surface area (Å²) in [6.07, 6.45) is 15.3. The standard InChI is InChI=1S/C30H48O9/c1-3-5-7-8-9-10-11-12-13-14-16-17-23(31)24(32)19-22(26-21-36-28(37-26)18-15-6-4-2)29(34)38-25-20-27(33)39-30(25)35/h12-13,20,22,24,26,28,32-33,35H,3-11,14-19,21H2,1-2H3/b13-12-. The van der Waals surface area contributed by atoms with E-state index in [1.807, 2.05) is 0 Å². The maximum Gasteiger partial charge on any atom is 0.330 e. The largest absolute Gasteiger partial charge is 0.481 e. The van der Waals surface area contributed by atoms with Crippen LogP contribution in [0.4, 0.5) is 0 Å². The molecule has 0 bridgehead atoms. The zero-order chi connectivity index (χ0) is 28.5. The molecular formula is C30H48O9. The van der Waals surface area contributed by atoms with Gasteiger partial charge >= 0.3 is 11.9 Å². The van der Waals surface area contributed by atoms with Gasteiger partial charge in [-0.3, -0.25) is 9.59 Å². The van der Waals surface area contributed by atoms with Crippen LogP contribution in [0.25, 0.3) is 0 Å². The summed E-state index contributed by atoms with van der Waals surface area (Å²) in [4.78, 5) is 25.7. The lowest BCUT2D eigenvalue weighted by Crippen LogP contribution is -2.38. The van der Waals surface area contributed by atoms with Gasteiger partial charge in [-0.2, -0.15) is 0 Å². The Kier molecular flexibility index (Phi) is 15.9. The van der Waals surface area contributed by atoms with E-state index in [4.69, 9.17) is 14.2 Å². The van der Waals surface area contributed by atoms with E-state index in [0.717, 1.165) is 38.2 Å². The minimum Gasteiger partial charge on any atom is -0.481 e. The molecule has 1 saturated heterocycles. The van der Waals surface area contributed by atoms with Gasteiger partial charge in [-0.05, 0) is 44.9 Å². The van der Waals surface area contributed by atoms with Crippen LogP contribution >= 0.6 is 0 Å². The van der Waals surface area contributed by atoms with Gasteiger partial charge in [0.2, 0.25) is 5.75 Å². The first-order valence-electron chi connectivity index (χ1n) is 14.7. The molecule has 9 heteroatoms. The first-order chi connectivity index (χ1) is 18.8. The van der Waals surface area contributed by atoms with Gasteiger partial charge < -0.3 is 33.9 Å². The molecule has 1 aliphatic rings. The number of aliphatic hydroxyl groups is 1. The number of hydrogen-bond donors (Lipinski definition) is 3. The van der Waals surface area contributed by atoms with Crippen molar-refractivity contribution in [1.29, 1.82) is 0 Å². The monoisotopic (exact) mass is 552 g/mol. The molecule has 1 aliphatic heterocycles. The van der Waals surface area contributed by atoms with E-state index >= 15 is 0 Å². The molecule has 2 rings (SSSR count). The first-order valence-corrected chi connectivity index (χ1v) is 14.7. The Morgan fingerprint density at radius 2 is 1.67 bits per heavy atom. The molecule has 1 aromatic heterocycles. The van der Waals surface area contributed by atoms with Crippen LogP contribution in [0.3, 0.4) is 0 Å². The van der Waals surface area contributed by atoms with Crippen LogP contribution in [-0.4, -0.2) is 52.2 Å². The van der Waals surface area contributed by atoms with Crippen LogP contribution < -0.4 is 4.74 Å². The number of hydrogen-bond acceptors (Lipinski definition) is 9. The SMILES string of the molecule is CCCCCCCC/C=C\CCCC(=O)C(O)CC(C(=O)Oc1cc(O)oc1O)C1COC(CCCCC)O1. The lowest BCUT2D eigenvalue weighted by atomic mass is 9.92. The summed E-state index contributed by atoms with van der Waals surface area (Å²) >= 11 is 0. The van der Waals surface area contributed by atoms with E-state index in [2.05, 4.69) is 30.4 Å². The Morgan fingerprint density at radius 1 is 1.00 bits per heavy atom. The molecule has 4 atom stereocenters. The van der Waals surface area contributed by atoms with Crippen molar-refractivity contribution in [2.24, 2.45) is 5.92 Å². The van der Waals surface area contributed by atoms with Gasteiger partial charge in [-0.25, -0.2) is 0 Å². The highest BCUT2D eigenvalue weighted by molar-refractivity contribution is 5.84. The Labute approximate surface area is 232 Å². The topological polar surface area (TPSA) is 136 Å². The number of ketones is 1. The second kappa shape index (κ2) is 18.8. The number of esters is 1. The van der Waals surface area contributed by atoms with Crippen molar-refractivity contribution in [3.63, 3.8) is 0 Å². The van der Waals surface area contributed by atoms with Gasteiger partial charge in [0.15, 0.2) is 12.1 Å². The van der Waals surface area contributed by atoms with Gasteiger partial charge in [0, 0.05) is 6.42 Å². The molecule has 0 aliphatic carbocycles. The Bertz CT molecular complexity index is 863. The van der Waals surface area contributed by atoms with Gasteiger partial charge in [0.25, 0.3) is 5.95 Å². The van der Waals surface area contributed by atoms with Crippen LogP contribution in [0.5, 0.6) is 17.6 Å². The van der Waals surface area contributed by atoms with Crippen molar-refractivity contribution in [2.75, 3.05) is 6.61 Å². The number of unbranched alkanes of at least 4 members (excludes halogenated alkanes) is 9. The predicted molar refractivity (Wildman–Crippen MR) is 147 cm³/mol. The maximum absolute atomic E-state index is 13.0. The average Bonchev–Trinajstić information content (AvgIpc) is 3.50. The molecule has 3 N–H and O–H groups in total. The Morgan fingerprint density at radius 3 is 2.36 bits per heavy atom. The Hall–Kier alpha value is -2.36. The normalized spacial score (nSPS) is 18.9. The van der Waals surface area contributed by atoms with Crippen LogP contribution in [-0.2, 0) is 19.1 Å². The molecule has 2 heterocycles. The number of aromatic hydroxyl groups is 2. The Balaban J connectivity index is 1.84. The number of carbonyl (C=O) groups is 2. The first kappa shape index (κ1) is 32.8. The lowest BCUT2D eigenvalue weighted by Gasteiger charge is -2.22. The van der Waals surface area contributed by atoms with Crippen LogP contribution in [0.15, 0.2) is 22.6 Å². The number of Topliss-reactive ketones (excluding diaryl/α,β-unsaturated/α-hetero) is 1. The highest BCUT2D eigenvalue weighted by Crippen LogP contribution is 2.35. The second-order valence-electron chi connectivity index (χ2n) is 10.4. The predicted octanol–water partition coefficient (Wildman–Crippen LogP) is 6.33. The fraction of sp³-hybridized carbons (Fsp3) is 0.733. The van der Waals surface area contributed by atoms with Gasteiger partial charge in [-0.1, -0.05) is 70.9 Å². The van der Waals surface area contributed by atoms with Crippen molar-refractivity contribution in [3.8, 4) is 17.6 Å². The molecule has 0 amide bonds. The summed E-state index contributed by atoms with van der Waals surface area (Å²) in [5, 5.41) is 29.8.